The fourth-order valence-electron chi connectivity index (χ4n) is 1.88. The number of aliphatic hydroxyl groups excluding tert-OH is 1. The van der Waals surface area contributed by atoms with Crippen molar-refractivity contribution < 1.29 is 9.90 Å². The van der Waals surface area contributed by atoms with E-state index in [0.29, 0.717) is 6.54 Å². The molecule has 0 saturated heterocycles. The van der Waals surface area contributed by atoms with Crippen LogP contribution in [0.1, 0.15) is 38.3 Å². The van der Waals surface area contributed by atoms with Crippen LogP contribution in [0.15, 0.2) is 24.3 Å². The van der Waals surface area contributed by atoms with E-state index in [1.807, 2.05) is 0 Å². The zero-order valence-corrected chi connectivity index (χ0v) is 12.4. The number of amides is 1. The first-order valence-corrected chi connectivity index (χ1v) is 6.79. The van der Waals surface area contributed by atoms with Gasteiger partial charge < -0.3 is 10.0 Å². The first kappa shape index (κ1) is 15.7. The van der Waals surface area contributed by atoms with E-state index < -0.39 is 0 Å². The number of rotatable bonds is 5. The van der Waals surface area contributed by atoms with Gasteiger partial charge in [-0.2, -0.15) is 0 Å². The van der Waals surface area contributed by atoms with Crippen LogP contribution in [-0.2, 0) is 16.6 Å². The van der Waals surface area contributed by atoms with Crippen molar-refractivity contribution in [1.82, 2.24) is 4.90 Å². The Morgan fingerprint density at radius 1 is 1.21 bits per heavy atom. The maximum Gasteiger partial charge on any atom is 0.224 e. The van der Waals surface area contributed by atoms with Gasteiger partial charge in [-0.05, 0) is 23.0 Å². The molecule has 3 heteroatoms. The van der Waals surface area contributed by atoms with Crippen molar-refractivity contribution >= 4 is 5.91 Å². The standard InChI is InChI=1S/C16H25NO2/c1-16(2,3)14-7-5-13(6-8-14)9-11-17(4)15(19)10-12-18/h5-8,18H,9-12H2,1-4H3. The van der Waals surface area contributed by atoms with Crippen LogP contribution in [0.5, 0.6) is 0 Å². The van der Waals surface area contributed by atoms with Crippen LogP contribution >= 0.6 is 0 Å². The van der Waals surface area contributed by atoms with Crippen molar-refractivity contribution in [2.75, 3.05) is 20.2 Å². The van der Waals surface area contributed by atoms with Gasteiger partial charge in [0.25, 0.3) is 0 Å². The summed E-state index contributed by atoms with van der Waals surface area (Å²) in [5.41, 5.74) is 2.73. The molecule has 0 aliphatic heterocycles. The second-order valence-electron chi connectivity index (χ2n) is 5.99. The highest BCUT2D eigenvalue weighted by molar-refractivity contribution is 5.75. The summed E-state index contributed by atoms with van der Waals surface area (Å²) in [5.74, 6) is -0.00573. The van der Waals surface area contributed by atoms with Crippen LogP contribution in [0.2, 0.25) is 0 Å². The Morgan fingerprint density at radius 2 is 1.79 bits per heavy atom. The van der Waals surface area contributed by atoms with E-state index in [-0.39, 0.29) is 24.3 Å². The van der Waals surface area contributed by atoms with Gasteiger partial charge in [-0.15, -0.1) is 0 Å². The monoisotopic (exact) mass is 263 g/mol. The summed E-state index contributed by atoms with van der Waals surface area (Å²) in [5, 5.41) is 8.73. The highest BCUT2D eigenvalue weighted by Crippen LogP contribution is 2.22. The number of carbonyl (C=O) groups is 1. The molecule has 0 saturated carbocycles. The molecule has 0 bridgehead atoms. The minimum absolute atomic E-state index is 0.00573. The van der Waals surface area contributed by atoms with E-state index in [9.17, 15) is 4.79 Å². The lowest BCUT2D eigenvalue weighted by atomic mass is 9.86. The Bertz CT molecular complexity index is 404. The molecule has 1 aromatic carbocycles. The van der Waals surface area contributed by atoms with Crippen molar-refractivity contribution in [3.63, 3.8) is 0 Å². The first-order chi connectivity index (χ1) is 8.84. The smallest absolute Gasteiger partial charge is 0.224 e. The van der Waals surface area contributed by atoms with Gasteiger partial charge in [0, 0.05) is 20.0 Å². The van der Waals surface area contributed by atoms with E-state index in [4.69, 9.17) is 5.11 Å². The van der Waals surface area contributed by atoms with Gasteiger partial charge in [0.15, 0.2) is 0 Å². The Kier molecular flexibility index (Phi) is 5.55. The molecular weight excluding hydrogens is 238 g/mol. The predicted octanol–water partition coefficient (Wildman–Crippen LogP) is 2.37. The third-order valence-electron chi connectivity index (χ3n) is 3.31. The zero-order valence-electron chi connectivity index (χ0n) is 12.4. The van der Waals surface area contributed by atoms with Crippen LogP contribution in [0, 0.1) is 0 Å². The number of aliphatic hydroxyl groups is 1. The third-order valence-corrected chi connectivity index (χ3v) is 3.31. The number of nitrogens with zero attached hydrogens (tertiary/aromatic N) is 1. The topological polar surface area (TPSA) is 40.5 Å². The largest absolute Gasteiger partial charge is 0.396 e. The number of carbonyl (C=O) groups excluding carboxylic acids is 1. The van der Waals surface area contributed by atoms with Crippen LogP contribution in [-0.4, -0.2) is 36.1 Å². The first-order valence-electron chi connectivity index (χ1n) is 6.79. The summed E-state index contributed by atoms with van der Waals surface area (Å²) in [6, 6.07) is 8.58. The van der Waals surface area contributed by atoms with E-state index >= 15 is 0 Å². The second-order valence-corrected chi connectivity index (χ2v) is 5.99. The molecule has 0 unspecified atom stereocenters. The van der Waals surface area contributed by atoms with Gasteiger partial charge in [0.05, 0.1) is 6.61 Å². The van der Waals surface area contributed by atoms with E-state index in [2.05, 4.69) is 45.0 Å². The van der Waals surface area contributed by atoms with Gasteiger partial charge in [0.2, 0.25) is 5.91 Å². The van der Waals surface area contributed by atoms with Crippen LogP contribution in [0.4, 0.5) is 0 Å². The summed E-state index contributed by atoms with van der Waals surface area (Å²) in [4.78, 5) is 13.2. The molecule has 0 spiro atoms. The molecule has 19 heavy (non-hydrogen) atoms. The van der Waals surface area contributed by atoms with Crippen LogP contribution in [0.25, 0.3) is 0 Å². The molecule has 0 radical (unpaired) electrons. The van der Waals surface area contributed by atoms with Gasteiger partial charge in [-0.25, -0.2) is 0 Å². The van der Waals surface area contributed by atoms with Gasteiger partial charge >= 0.3 is 0 Å². The highest BCUT2D eigenvalue weighted by atomic mass is 16.3. The molecule has 106 valence electrons. The summed E-state index contributed by atoms with van der Waals surface area (Å²) < 4.78 is 0. The number of hydrogen-bond donors (Lipinski definition) is 1. The predicted molar refractivity (Wildman–Crippen MR) is 78.2 cm³/mol. The van der Waals surface area contributed by atoms with Crippen molar-refractivity contribution in [1.29, 1.82) is 0 Å². The minimum atomic E-state index is -0.0799. The average Bonchev–Trinajstić information content (AvgIpc) is 2.35. The second kappa shape index (κ2) is 6.71. The van der Waals surface area contributed by atoms with Crippen molar-refractivity contribution in [3.8, 4) is 0 Å². The average molecular weight is 263 g/mol. The van der Waals surface area contributed by atoms with Crippen molar-refractivity contribution in [3.05, 3.63) is 35.4 Å². The molecule has 0 aromatic heterocycles. The fraction of sp³-hybridized carbons (Fsp3) is 0.562. The quantitative estimate of drug-likeness (QED) is 0.886. The van der Waals surface area contributed by atoms with Gasteiger partial charge in [-0.3, -0.25) is 4.79 Å². The lowest BCUT2D eigenvalue weighted by Crippen LogP contribution is -2.29. The molecular formula is C16H25NO2. The zero-order chi connectivity index (χ0) is 14.5. The number of likely N-dealkylation sites (N-methyl/N-ethyl adjacent to an activating group) is 1. The van der Waals surface area contributed by atoms with Crippen LogP contribution < -0.4 is 0 Å². The van der Waals surface area contributed by atoms with Gasteiger partial charge in [-0.1, -0.05) is 45.0 Å². The normalized spacial score (nSPS) is 11.4. The summed E-state index contributed by atoms with van der Waals surface area (Å²) in [7, 11) is 1.78. The highest BCUT2D eigenvalue weighted by Gasteiger charge is 2.13. The molecule has 0 heterocycles. The summed E-state index contributed by atoms with van der Waals surface area (Å²) in [6.07, 6.45) is 1.05. The Hall–Kier alpha value is -1.35. The molecule has 1 rings (SSSR count). The summed E-state index contributed by atoms with van der Waals surface area (Å²) >= 11 is 0. The molecule has 3 nitrogen and oxygen atoms in total. The maximum atomic E-state index is 11.5. The number of benzene rings is 1. The Morgan fingerprint density at radius 3 is 2.26 bits per heavy atom. The molecule has 0 fully saturated rings. The Balaban J connectivity index is 2.53. The fourth-order valence-corrected chi connectivity index (χ4v) is 1.88. The van der Waals surface area contributed by atoms with Crippen LogP contribution in [0.3, 0.4) is 0 Å². The summed E-state index contributed by atoms with van der Waals surface area (Å²) in [6.45, 7) is 7.20. The van der Waals surface area contributed by atoms with E-state index in [1.54, 1.807) is 11.9 Å². The molecule has 0 aliphatic carbocycles. The molecule has 1 N–H and O–H groups in total. The molecule has 0 aliphatic rings. The van der Waals surface area contributed by atoms with Gasteiger partial charge in [0.1, 0.15) is 0 Å². The minimum Gasteiger partial charge on any atom is -0.396 e. The van der Waals surface area contributed by atoms with E-state index in [0.717, 1.165) is 6.42 Å². The van der Waals surface area contributed by atoms with E-state index in [1.165, 1.54) is 11.1 Å². The lowest BCUT2D eigenvalue weighted by molar-refractivity contribution is -0.130. The molecule has 0 atom stereocenters. The Labute approximate surface area is 116 Å². The van der Waals surface area contributed by atoms with Crippen molar-refractivity contribution in [2.45, 2.75) is 39.0 Å². The SMILES string of the molecule is CN(CCc1ccc(C(C)(C)C)cc1)C(=O)CCO. The lowest BCUT2D eigenvalue weighted by Gasteiger charge is -2.20. The molecule has 1 amide bonds. The molecule has 1 aromatic rings. The third kappa shape index (κ3) is 5.03. The maximum absolute atomic E-state index is 11.5. The van der Waals surface area contributed by atoms with Crippen molar-refractivity contribution in [2.24, 2.45) is 0 Å². The number of hydrogen-bond acceptors (Lipinski definition) is 2.